The Morgan fingerprint density at radius 1 is 1.53 bits per heavy atom. The quantitative estimate of drug-likeness (QED) is 0.621. The number of nitrogens with two attached hydrogens (primary N) is 1. The standard InChI is InChI=1S/C12H18ClN3O/c1-15-6-3-7-16(2)12(17)10-5-4-9(13)8-11(10)14/h4-5,8,15H,3,6-7,14H2,1-2H3. The Bertz CT molecular complexity index is 395. The van der Waals surface area contributed by atoms with Crippen molar-refractivity contribution < 1.29 is 4.79 Å². The molecule has 1 aromatic rings. The van der Waals surface area contributed by atoms with E-state index in [0.717, 1.165) is 13.0 Å². The van der Waals surface area contributed by atoms with Gasteiger partial charge in [-0.25, -0.2) is 0 Å². The molecule has 0 aromatic heterocycles. The lowest BCUT2D eigenvalue weighted by Gasteiger charge is -2.18. The fraction of sp³-hybridized carbons (Fsp3) is 0.417. The molecule has 0 aliphatic heterocycles. The van der Waals surface area contributed by atoms with Gasteiger partial charge in [-0.05, 0) is 38.2 Å². The fourth-order valence-corrected chi connectivity index (χ4v) is 1.71. The molecule has 1 rings (SSSR count). The highest BCUT2D eigenvalue weighted by molar-refractivity contribution is 6.31. The number of nitrogens with one attached hydrogen (secondary N) is 1. The third-order valence-electron chi connectivity index (χ3n) is 2.51. The molecule has 5 heteroatoms. The number of nitrogens with zero attached hydrogens (tertiary/aromatic N) is 1. The minimum absolute atomic E-state index is 0.0738. The maximum absolute atomic E-state index is 12.1. The lowest BCUT2D eigenvalue weighted by atomic mass is 10.1. The Labute approximate surface area is 107 Å². The van der Waals surface area contributed by atoms with Crippen LogP contribution in [0.15, 0.2) is 18.2 Å². The molecule has 0 unspecified atom stereocenters. The average Bonchev–Trinajstić information content (AvgIpc) is 2.28. The van der Waals surface area contributed by atoms with Crippen LogP contribution in [0.1, 0.15) is 16.8 Å². The highest BCUT2D eigenvalue weighted by Gasteiger charge is 2.14. The number of anilines is 1. The van der Waals surface area contributed by atoms with Crippen molar-refractivity contribution in [2.45, 2.75) is 6.42 Å². The molecule has 0 radical (unpaired) electrons. The predicted octanol–water partition coefficient (Wildman–Crippen LogP) is 1.60. The molecular weight excluding hydrogens is 238 g/mol. The van der Waals surface area contributed by atoms with Gasteiger partial charge in [0, 0.05) is 24.3 Å². The molecule has 0 bridgehead atoms. The Kier molecular flexibility index (Phi) is 5.25. The predicted molar refractivity (Wildman–Crippen MR) is 71.4 cm³/mol. The molecular formula is C12H18ClN3O. The van der Waals surface area contributed by atoms with Crippen LogP contribution in [0.2, 0.25) is 5.02 Å². The van der Waals surface area contributed by atoms with Crippen LogP contribution in [0, 0.1) is 0 Å². The normalized spacial score (nSPS) is 10.3. The van der Waals surface area contributed by atoms with E-state index in [1.807, 2.05) is 7.05 Å². The monoisotopic (exact) mass is 255 g/mol. The zero-order valence-electron chi connectivity index (χ0n) is 10.2. The zero-order chi connectivity index (χ0) is 12.8. The molecule has 0 saturated carbocycles. The Hall–Kier alpha value is -1.26. The molecule has 0 fully saturated rings. The minimum atomic E-state index is -0.0738. The summed E-state index contributed by atoms with van der Waals surface area (Å²) in [5, 5.41) is 3.58. The molecule has 0 heterocycles. The molecule has 4 nitrogen and oxygen atoms in total. The van der Waals surface area contributed by atoms with E-state index >= 15 is 0 Å². The molecule has 1 amide bonds. The van der Waals surface area contributed by atoms with E-state index in [-0.39, 0.29) is 5.91 Å². The number of rotatable bonds is 5. The molecule has 0 atom stereocenters. The van der Waals surface area contributed by atoms with Gasteiger partial charge in [-0.1, -0.05) is 11.6 Å². The van der Waals surface area contributed by atoms with Crippen molar-refractivity contribution in [1.82, 2.24) is 10.2 Å². The van der Waals surface area contributed by atoms with Crippen LogP contribution < -0.4 is 11.1 Å². The third-order valence-corrected chi connectivity index (χ3v) is 2.75. The highest BCUT2D eigenvalue weighted by atomic mass is 35.5. The first-order chi connectivity index (χ1) is 8.06. The van der Waals surface area contributed by atoms with Crippen LogP contribution in [0.25, 0.3) is 0 Å². The molecule has 0 aliphatic rings. The molecule has 0 spiro atoms. The number of nitrogen functional groups attached to an aromatic ring is 1. The smallest absolute Gasteiger partial charge is 0.255 e. The fourth-order valence-electron chi connectivity index (χ4n) is 1.53. The summed E-state index contributed by atoms with van der Waals surface area (Å²) < 4.78 is 0. The second-order valence-electron chi connectivity index (χ2n) is 3.92. The van der Waals surface area contributed by atoms with Crippen LogP contribution in [-0.2, 0) is 0 Å². The Morgan fingerprint density at radius 3 is 2.82 bits per heavy atom. The van der Waals surface area contributed by atoms with Crippen LogP contribution in [-0.4, -0.2) is 38.0 Å². The molecule has 94 valence electrons. The summed E-state index contributed by atoms with van der Waals surface area (Å²) in [7, 11) is 3.66. The van der Waals surface area contributed by atoms with Gasteiger partial charge in [0.05, 0.1) is 5.56 Å². The first kappa shape index (κ1) is 13.8. The molecule has 0 saturated heterocycles. The molecule has 0 aliphatic carbocycles. The summed E-state index contributed by atoms with van der Waals surface area (Å²) in [5.74, 6) is -0.0738. The van der Waals surface area contributed by atoms with Gasteiger partial charge < -0.3 is 16.0 Å². The highest BCUT2D eigenvalue weighted by Crippen LogP contribution is 2.19. The van der Waals surface area contributed by atoms with Crippen molar-refractivity contribution in [3.8, 4) is 0 Å². The van der Waals surface area contributed by atoms with Gasteiger partial charge in [-0.3, -0.25) is 4.79 Å². The van der Waals surface area contributed by atoms with Crippen molar-refractivity contribution in [2.24, 2.45) is 0 Å². The SMILES string of the molecule is CNCCCN(C)C(=O)c1ccc(Cl)cc1N. The van der Waals surface area contributed by atoms with Crippen molar-refractivity contribution in [2.75, 3.05) is 32.9 Å². The van der Waals surface area contributed by atoms with Gasteiger partial charge in [-0.2, -0.15) is 0 Å². The van der Waals surface area contributed by atoms with E-state index in [4.69, 9.17) is 17.3 Å². The lowest BCUT2D eigenvalue weighted by Crippen LogP contribution is -2.29. The summed E-state index contributed by atoms with van der Waals surface area (Å²) >= 11 is 5.79. The van der Waals surface area contributed by atoms with E-state index in [1.54, 1.807) is 30.1 Å². The summed E-state index contributed by atoms with van der Waals surface area (Å²) in [6.07, 6.45) is 0.909. The summed E-state index contributed by atoms with van der Waals surface area (Å²) in [6, 6.07) is 4.93. The zero-order valence-corrected chi connectivity index (χ0v) is 10.9. The Balaban J connectivity index is 2.68. The van der Waals surface area contributed by atoms with E-state index in [0.29, 0.717) is 22.8 Å². The largest absolute Gasteiger partial charge is 0.398 e. The van der Waals surface area contributed by atoms with Crippen molar-refractivity contribution in [1.29, 1.82) is 0 Å². The van der Waals surface area contributed by atoms with E-state index in [1.165, 1.54) is 0 Å². The lowest BCUT2D eigenvalue weighted by molar-refractivity contribution is 0.0795. The van der Waals surface area contributed by atoms with E-state index < -0.39 is 0 Å². The third kappa shape index (κ3) is 3.91. The topological polar surface area (TPSA) is 58.4 Å². The summed E-state index contributed by atoms with van der Waals surface area (Å²) in [6.45, 7) is 1.58. The second kappa shape index (κ2) is 6.47. The van der Waals surface area contributed by atoms with Crippen LogP contribution >= 0.6 is 11.6 Å². The number of halogens is 1. The number of carbonyl (C=O) groups excluding carboxylic acids is 1. The first-order valence-electron chi connectivity index (χ1n) is 5.51. The summed E-state index contributed by atoms with van der Waals surface area (Å²) in [5.41, 5.74) is 6.69. The van der Waals surface area contributed by atoms with Crippen molar-refractivity contribution >= 4 is 23.2 Å². The number of amides is 1. The number of carbonyl (C=O) groups is 1. The van der Waals surface area contributed by atoms with Crippen LogP contribution in [0.5, 0.6) is 0 Å². The van der Waals surface area contributed by atoms with Gasteiger partial charge in [0.25, 0.3) is 5.91 Å². The van der Waals surface area contributed by atoms with Gasteiger partial charge in [0.1, 0.15) is 0 Å². The van der Waals surface area contributed by atoms with Crippen molar-refractivity contribution in [3.05, 3.63) is 28.8 Å². The van der Waals surface area contributed by atoms with Crippen LogP contribution in [0.4, 0.5) is 5.69 Å². The number of hydrogen-bond donors (Lipinski definition) is 2. The van der Waals surface area contributed by atoms with E-state index in [9.17, 15) is 4.79 Å². The number of hydrogen-bond acceptors (Lipinski definition) is 3. The van der Waals surface area contributed by atoms with Gasteiger partial charge in [0.2, 0.25) is 0 Å². The van der Waals surface area contributed by atoms with Gasteiger partial charge in [0.15, 0.2) is 0 Å². The number of benzene rings is 1. The van der Waals surface area contributed by atoms with Gasteiger partial charge in [-0.15, -0.1) is 0 Å². The first-order valence-corrected chi connectivity index (χ1v) is 5.89. The molecule has 3 N–H and O–H groups in total. The summed E-state index contributed by atoms with van der Waals surface area (Å²) in [4.78, 5) is 13.7. The maximum atomic E-state index is 12.1. The van der Waals surface area contributed by atoms with E-state index in [2.05, 4.69) is 5.32 Å². The second-order valence-corrected chi connectivity index (χ2v) is 4.35. The van der Waals surface area contributed by atoms with Crippen LogP contribution in [0.3, 0.4) is 0 Å². The molecule has 17 heavy (non-hydrogen) atoms. The van der Waals surface area contributed by atoms with Gasteiger partial charge >= 0.3 is 0 Å². The molecule has 1 aromatic carbocycles. The maximum Gasteiger partial charge on any atom is 0.255 e. The Morgan fingerprint density at radius 2 is 2.24 bits per heavy atom. The van der Waals surface area contributed by atoms with Crippen molar-refractivity contribution in [3.63, 3.8) is 0 Å². The minimum Gasteiger partial charge on any atom is -0.398 e. The average molecular weight is 256 g/mol.